The van der Waals surface area contributed by atoms with E-state index in [2.05, 4.69) is 15.3 Å². The maximum absolute atomic E-state index is 12.4. The molecule has 1 aromatic carbocycles. The first-order valence-corrected chi connectivity index (χ1v) is 8.92. The lowest BCUT2D eigenvalue weighted by Crippen LogP contribution is -2.64. The first-order valence-electron chi connectivity index (χ1n) is 8.92. The zero-order valence-corrected chi connectivity index (χ0v) is 15.2. The predicted octanol–water partition coefficient (Wildman–Crippen LogP) is 1.78. The molecule has 0 saturated carbocycles. The molecule has 0 radical (unpaired) electrons. The highest BCUT2D eigenvalue weighted by molar-refractivity contribution is 5.97. The molecular weight excluding hydrogens is 352 g/mol. The van der Waals surface area contributed by atoms with Gasteiger partial charge in [0, 0.05) is 10.5 Å². The Labute approximate surface area is 156 Å². The Morgan fingerprint density at radius 2 is 2.07 bits per heavy atom. The number of carbonyl (C=O) groups excluding carboxylic acids is 1. The molecule has 3 saturated heterocycles. The molecule has 3 aliphatic heterocycles. The van der Waals surface area contributed by atoms with Crippen LogP contribution in [0.1, 0.15) is 24.2 Å². The number of hydrogen-bond donors (Lipinski definition) is 1. The van der Waals surface area contributed by atoms with Gasteiger partial charge < -0.3 is 18.9 Å². The number of rotatable bonds is 6. The maximum Gasteiger partial charge on any atom is 0.176 e. The summed E-state index contributed by atoms with van der Waals surface area (Å²) in [5.41, 5.74) is 8.46. The average molecular weight is 374 g/mol. The summed E-state index contributed by atoms with van der Waals surface area (Å²) in [6.45, 7) is 4.10. The summed E-state index contributed by atoms with van der Waals surface area (Å²) in [4.78, 5) is 15.3. The zero-order chi connectivity index (χ0) is 19.1. The first kappa shape index (κ1) is 18.4. The van der Waals surface area contributed by atoms with Gasteiger partial charge >= 0.3 is 0 Å². The summed E-state index contributed by atoms with van der Waals surface area (Å²) in [5.74, 6) is -0.843. The van der Waals surface area contributed by atoms with E-state index < -0.39 is 29.9 Å². The standard InChI is InChI=1S/C18H22N4O5/c1-17(2)25-14-13(20-8-12(23)11-6-4-3-5-7-11)16-24-10-18(27-16,9-21-22-19)15(14)26-17/h3-7,13-16,20H,8-10H2,1-2H3/t13-,14+,15+,16?,18-/m0/s1. The van der Waals surface area contributed by atoms with Gasteiger partial charge in [-0.1, -0.05) is 35.4 Å². The molecule has 3 fully saturated rings. The summed E-state index contributed by atoms with van der Waals surface area (Å²) < 4.78 is 24.0. The van der Waals surface area contributed by atoms with E-state index in [-0.39, 0.29) is 31.5 Å². The maximum atomic E-state index is 12.4. The van der Waals surface area contributed by atoms with Gasteiger partial charge in [-0.15, -0.1) is 0 Å². The molecule has 9 heteroatoms. The molecule has 4 rings (SSSR count). The number of azide groups is 1. The van der Waals surface area contributed by atoms with Crippen LogP contribution in [-0.2, 0) is 18.9 Å². The fraction of sp³-hybridized carbons (Fsp3) is 0.611. The Morgan fingerprint density at radius 1 is 1.30 bits per heavy atom. The third kappa shape index (κ3) is 3.34. The van der Waals surface area contributed by atoms with E-state index in [4.69, 9.17) is 24.5 Å². The second-order valence-corrected chi connectivity index (χ2v) is 7.47. The largest absolute Gasteiger partial charge is 0.348 e. The number of nitrogens with one attached hydrogen (secondary N) is 1. The van der Waals surface area contributed by atoms with Gasteiger partial charge in [-0.05, 0) is 19.4 Å². The Bertz CT molecular complexity index is 766. The van der Waals surface area contributed by atoms with E-state index >= 15 is 0 Å². The van der Waals surface area contributed by atoms with Crippen LogP contribution in [-0.4, -0.2) is 61.4 Å². The molecule has 2 bridgehead atoms. The van der Waals surface area contributed by atoms with Gasteiger partial charge in [0.2, 0.25) is 0 Å². The molecule has 0 spiro atoms. The van der Waals surface area contributed by atoms with Gasteiger partial charge in [-0.2, -0.15) is 0 Å². The topological polar surface area (TPSA) is 115 Å². The Hall–Kier alpha value is -2.00. The van der Waals surface area contributed by atoms with Gasteiger partial charge in [0.05, 0.1) is 25.7 Å². The summed E-state index contributed by atoms with van der Waals surface area (Å²) >= 11 is 0. The minimum atomic E-state index is -0.878. The molecule has 0 aromatic heterocycles. The third-order valence-electron chi connectivity index (χ3n) is 5.13. The third-order valence-corrected chi connectivity index (χ3v) is 5.13. The molecule has 0 amide bonds. The van der Waals surface area contributed by atoms with Crippen molar-refractivity contribution >= 4 is 5.78 Å². The van der Waals surface area contributed by atoms with Gasteiger partial charge in [0.15, 0.2) is 17.9 Å². The number of carbonyl (C=O) groups is 1. The highest BCUT2D eigenvalue weighted by atomic mass is 16.8. The lowest BCUT2D eigenvalue weighted by molar-refractivity contribution is -0.192. The minimum Gasteiger partial charge on any atom is -0.348 e. The van der Waals surface area contributed by atoms with Crippen LogP contribution in [0.25, 0.3) is 10.4 Å². The number of ether oxygens (including phenoxy) is 4. The molecule has 3 aliphatic rings. The van der Waals surface area contributed by atoms with Crippen molar-refractivity contribution in [1.29, 1.82) is 0 Å². The second-order valence-electron chi connectivity index (χ2n) is 7.47. The monoisotopic (exact) mass is 374 g/mol. The van der Waals surface area contributed by atoms with Crippen LogP contribution in [0.5, 0.6) is 0 Å². The first-order chi connectivity index (χ1) is 12.9. The number of ketones is 1. The molecule has 5 atom stereocenters. The molecule has 144 valence electrons. The van der Waals surface area contributed by atoms with Crippen LogP contribution in [0, 0.1) is 0 Å². The lowest BCUT2D eigenvalue weighted by atomic mass is 9.88. The van der Waals surface area contributed by atoms with Crippen molar-refractivity contribution in [3.8, 4) is 0 Å². The number of nitrogens with zero attached hydrogens (tertiary/aromatic N) is 3. The van der Waals surface area contributed by atoms with E-state index in [9.17, 15) is 4.79 Å². The summed E-state index contributed by atoms with van der Waals surface area (Å²) in [6.07, 6.45) is -1.47. The summed E-state index contributed by atoms with van der Waals surface area (Å²) in [7, 11) is 0. The fourth-order valence-corrected chi connectivity index (χ4v) is 3.94. The van der Waals surface area contributed by atoms with Crippen molar-refractivity contribution in [2.24, 2.45) is 5.11 Å². The van der Waals surface area contributed by atoms with Crippen molar-refractivity contribution < 1.29 is 23.7 Å². The van der Waals surface area contributed by atoms with E-state index in [0.29, 0.717) is 5.56 Å². The highest BCUT2D eigenvalue weighted by Crippen LogP contribution is 2.46. The average Bonchev–Trinajstić information content (AvgIpc) is 3.20. The summed E-state index contributed by atoms with van der Waals surface area (Å²) in [6, 6.07) is 8.69. The van der Waals surface area contributed by atoms with Crippen LogP contribution in [0.15, 0.2) is 35.4 Å². The van der Waals surface area contributed by atoms with Crippen LogP contribution >= 0.6 is 0 Å². The van der Waals surface area contributed by atoms with E-state index in [1.165, 1.54) is 0 Å². The molecule has 27 heavy (non-hydrogen) atoms. The van der Waals surface area contributed by atoms with Gasteiger partial charge in [-0.3, -0.25) is 10.1 Å². The Kier molecular flexibility index (Phi) is 4.67. The van der Waals surface area contributed by atoms with Crippen LogP contribution in [0.2, 0.25) is 0 Å². The molecule has 3 heterocycles. The summed E-state index contributed by atoms with van der Waals surface area (Å²) in [5, 5.41) is 6.90. The van der Waals surface area contributed by atoms with Crippen LogP contribution in [0.3, 0.4) is 0 Å². The van der Waals surface area contributed by atoms with Crippen molar-refractivity contribution in [2.75, 3.05) is 19.7 Å². The quantitative estimate of drug-likeness (QED) is 0.351. The zero-order valence-electron chi connectivity index (χ0n) is 15.2. The predicted molar refractivity (Wildman–Crippen MR) is 94.0 cm³/mol. The second kappa shape index (κ2) is 6.87. The van der Waals surface area contributed by atoms with Gasteiger partial charge in [-0.25, -0.2) is 0 Å². The van der Waals surface area contributed by atoms with Crippen LogP contribution in [0.4, 0.5) is 0 Å². The minimum absolute atomic E-state index is 0.0331. The molecule has 1 aromatic rings. The number of hydrogen-bond acceptors (Lipinski definition) is 7. The number of fused-ring (bicyclic) bond motifs is 4. The molecule has 1 N–H and O–H groups in total. The van der Waals surface area contributed by atoms with Crippen LogP contribution < -0.4 is 5.32 Å². The van der Waals surface area contributed by atoms with Crippen molar-refractivity contribution in [3.63, 3.8) is 0 Å². The smallest absolute Gasteiger partial charge is 0.176 e. The Morgan fingerprint density at radius 3 is 2.81 bits per heavy atom. The van der Waals surface area contributed by atoms with E-state index in [0.717, 1.165) is 0 Å². The molecule has 0 aliphatic carbocycles. The SMILES string of the molecule is CC1(C)O[C@@H]2[C@H](NCC(=O)c3ccccc3)C3OC[C@](CN=[N+]=[N-])(O3)[C@@H]2O1. The van der Waals surface area contributed by atoms with Gasteiger partial charge in [0.1, 0.15) is 17.8 Å². The normalized spacial score (nSPS) is 36.1. The number of Topliss-reactive ketones (excluding diaryl/α,β-unsaturated/α-hetero) is 1. The van der Waals surface area contributed by atoms with Crippen molar-refractivity contribution in [1.82, 2.24) is 5.32 Å². The lowest BCUT2D eigenvalue weighted by Gasteiger charge is -2.41. The van der Waals surface area contributed by atoms with Crippen molar-refractivity contribution in [3.05, 3.63) is 46.3 Å². The molecular formula is C18H22N4O5. The molecule has 1 unspecified atom stereocenters. The Balaban J connectivity index is 1.52. The van der Waals surface area contributed by atoms with Gasteiger partial charge in [0.25, 0.3) is 0 Å². The number of benzene rings is 1. The molecule has 9 nitrogen and oxygen atoms in total. The van der Waals surface area contributed by atoms with Crippen molar-refractivity contribution in [2.45, 2.75) is 49.8 Å². The fourth-order valence-electron chi connectivity index (χ4n) is 3.94. The van der Waals surface area contributed by atoms with E-state index in [1.807, 2.05) is 32.0 Å². The highest BCUT2D eigenvalue weighted by Gasteiger charge is 2.65. The van der Waals surface area contributed by atoms with E-state index in [1.54, 1.807) is 12.1 Å².